The Labute approximate surface area is 154 Å². The predicted molar refractivity (Wildman–Crippen MR) is 91.7 cm³/mol. The summed E-state index contributed by atoms with van der Waals surface area (Å²) in [4.78, 5) is 26.4. The van der Waals surface area contributed by atoms with E-state index in [1.54, 1.807) is 18.2 Å². The fourth-order valence-electron chi connectivity index (χ4n) is 3.48. The Morgan fingerprint density at radius 2 is 1.56 bits per heavy atom. The lowest BCUT2D eigenvalue weighted by Crippen LogP contribution is -2.90. The van der Waals surface area contributed by atoms with Gasteiger partial charge in [-0.05, 0) is 30.3 Å². The average Bonchev–Trinajstić information content (AvgIpc) is 3.38. The Balaban J connectivity index is 1.29. The summed E-state index contributed by atoms with van der Waals surface area (Å²) in [6, 6.07) is 10.3. The standard InChI is InChI=1S/C19H16N2O6/c22-18-7-13(20-8-11-1-3-14-16(5-11)26-9-24-14)19(23)21(18)12-2-4-15-17(6-12)27-10-25-15/h1-6,13,20H,7-10H2/p+1/t13-/m1/s1. The summed E-state index contributed by atoms with van der Waals surface area (Å²) in [5.74, 6) is 2.15. The van der Waals surface area contributed by atoms with E-state index in [9.17, 15) is 9.59 Å². The minimum absolute atomic E-state index is 0.145. The zero-order valence-electron chi connectivity index (χ0n) is 14.3. The molecule has 0 bridgehead atoms. The Bertz CT molecular complexity index is 944. The number of benzene rings is 2. The van der Waals surface area contributed by atoms with E-state index in [-0.39, 0.29) is 31.8 Å². The van der Waals surface area contributed by atoms with E-state index in [1.807, 2.05) is 23.5 Å². The minimum atomic E-state index is -0.451. The number of imide groups is 1. The number of nitrogens with two attached hydrogens (primary N) is 1. The molecule has 1 saturated heterocycles. The van der Waals surface area contributed by atoms with Crippen molar-refractivity contribution in [2.75, 3.05) is 18.5 Å². The van der Waals surface area contributed by atoms with Crippen LogP contribution in [0.5, 0.6) is 23.0 Å². The van der Waals surface area contributed by atoms with E-state index in [4.69, 9.17) is 18.9 Å². The third-order valence-corrected chi connectivity index (χ3v) is 4.87. The molecule has 2 aromatic carbocycles. The second-order valence-electron chi connectivity index (χ2n) is 6.54. The monoisotopic (exact) mass is 369 g/mol. The molecule has 5 rings (SSSR count). The molecule has 0 aliphatic carbocycles. The SMILES string of the molecule is O=C1C[C@@H]([NH2+]Cc2ccc3c(c2)OCO3)C(=O)N1c1ccc2c(c1)OCO2. The van der Waals surface area contributed by atoms with Gasteiger partial charge in [0.15, 0.2) is 29.0 Å². The van der Waals surface area contributed by atoms with Crippen LogP contribution < -0.4 is 29.2 Å². The zero-order chi connectivity index (χ0) is 18.4. The largest absolute Gasteiger partial charge is 0.454 e. The van der Waals surface area contributed by atoms with Crippen LogP contribution in [0.4, 0.5) is 5.69 Å². The van der Waals surface area contributed by atoms with Gasteiger partial charge in [-0.2, -0.15) is 0 Å². The van der Waals surface area contributed by atoms with Crippen molar-refractivity contribution >= 4 is 17.5 Å². The summed E-state index contributed by atoms with van der Waals surface area (Å²) in [5.41, 5.74) is 1.51. The summed E-state index contributed by atoms with van der Waals surface area (Å²) >= 11 is 0. The van der Waals surface area contributed by atoms with Crippen LogP contribution in [0.1, 0.15) is 12.0 Å². The number of rotatable bonds is 4. The molecular weight excluding hydrogens is 352 g/mol. The molecule has 2 aromatic rings. The lowest BCUT2D eigenvalue weighted by atomic mass is 10.1. The average molecular weight is 369 g/mol. The summed E-state index contributed by atoms with van der Waals surface area (Å²) in [6.07, 6.45) is 0.165. The summed E-state index contributed by atoms with van der Waals surface area (Å²) < 4.78 is 21.3. The third kappa shape index (κ3) is 2.74. The molecule has 1 fully saturated rings. The lowest BCUT2D eigenvalue weighted by molar-refractivity contribution is -0.690. The lowest BCUT2D eigenvalue weighted by Gasteiger charge is -2.14. The molecule has 0 spiro atoms. The van der Waals surface area contributed by atoms with Crippen LogP contribution in [-0.2, 0) is 16.1 Å². The normalized spacial score (nSPS) is 19.9. The van der Waals surface area contributed by atoms with Crippen LogP contribution in [0.2, 0.25) is 0 Å². The molecule has 0 aromatic heterocycles. The number of ether oxygens (including phenoxy) is 4. The highest BCUT2D eigenvalue weighted by Crippen LogP contribution is 2.36. The Hall–Kier alpha value is -3.26. The topological polar surface area (TPSA) is 90.9 Å². The third-order valence-electron chi connectivity index (χ3n) is 4.87. The highest BCUT2D eigenvalue weighted by molar-refractivity contribution is 6.21. The van der Waals surface area contributed by atoms with Gasteiger partial charge in [-0.3, -0.25) is 9.59 Å². The first kappa shape index (κ1) is 16.0. The molecule has 27 heavy (non-hydrogen) atoms. The summed E-state index contributed by atoms with van der Waals surface area (Å²) in [7, 11) is 0. The maximum Gasteiger partial charge on any atom is 0.292 e. The van der Waals surface area contributed by atoms with Crippen LogP contribution in [-0.4, -0.2) is 31.4 Å². The van der Waals surface area contributed by atoms with Crippen molar-refractivity contribution in [1.29, 1.82) is 0 Å². The smallest absolute Gasteiger partial charge is 0.292 e. The van der Waals surface area contributed by atoms with E-state index in [1.165, 1.54) is 4.90 Å². The summed E-state index contributed by atoms with van der Waals surface area (Å²) in [5, 5.41) is 1.88. The number of carbonyl (C=O) groups is 2. The number of hydrogen-bond donors (Lipinski definition) is 1. The molecule has 3 aliphatic rings. The number of carbonyl (C=O) groups excluding carboxylic acids is 2. The summed E-state index contributed by atoms with van der Waals surface area (Å²) in [6.45, 7) is 0.935. The highest BCUT2D eigenvalue weighted by Gasteiger charge is 2.42. The molecule has 0 unspecified atom stereocenters. The van der Waals surface area contributed by atoms with Crippen molar-refractivity contribution in [2.45, 2.75) is 19.0 Å². The number of quaternary nitrogens is 1. The van der Waals surface area contributed by atoms with Gasteiger partial charge in [-0.25, -0.2) is 4.90 Å². The van der Waals surface area contributed by atoms with E-state index >= 15 is 0 Å². The first-order chi connectivity index (χ1) is 13.2. The van der Waals surface area contributed by atoms with Crippen molar-refractivity contribution < 1.29 is 33.9 Å². The van der Waals surface area contributed by atoms with E-state index < -0.39 is 6.04 Å². The maximum absolute atomic E-state index is 12.8. The number of anilines is 1. The molecule has 1 atom stereocenters. The molecule has 138 valence electrons. The molecule has 2 N–H and O–H groups in total. The fraction of sp³-hybridized carbons (Fsp3) is 0.263. The molecule has 2 amide bonds. The molecule has 8 nitrogen and oxygen atoms in total. The van der Waals surface area contributed by atoms with Crippen LogP contribution in [0.15, 0.2) is 36.4 Å². The van der Waals surface area contributed by atoms with Gasteiger partial charge in [-0.1, -0.05) is 0 Å². The van der Waals surface area contributed by atoms with Gasteiger partial charge in [0.05, 0.1) is 12.1 Å². The van der Waals surface area contributed by atoms with Crippen molar-refractivity contribution in [2.24, 2.45) is 0 Å². The quantitative estimate of drug-likeness (QED) is 0.791. The van der Waals surface area contributed by atoms with Gasteiger partial charge < -0.3 is 24.3 Å². The first-order valence-corrected chi connectivity index (χ1v) is 8.67. The fourth-order valence-corrected chi connectivity index (χ4v) is 3.48. The second-order valence-corrected chi connectivity index (χ2v) is 6.54. The second kappa shape index (κ2) is 6.17. The number of fused-ring (bicyclic) bond motifs is 2. The Kier molecular flexibility index (Phi) is 3.64. The molecule has 0 saturated carbocycles. The minimum Gasteiger partial charge on any atom is -0.454 e. The van der Waals surface area contributed by atoms with Gasteiger partial charge in [0.25, 0.3) is 5.91 Å². The number of hydrogen-bond acceptors (Lipinski definition) is 6. The number of nitrogens with zero attached hydrogens (tertiary/aromatic N) is 1. The van der Waals surface area contributed by atoms with Crippen molar-refractivity contribution in [3.63, 3.8) is 0 Å². The zero-order valence-corrected chi connectivity index (χ0v) is 14.3. The molecule has 8 heteroatoms. The van der Waals surface area contributed by atoms with Gasteiger partial charge in [0, 0.05) is 11.6 Å². The van der Waals surface area contributed by atoms with Gasteiger partial charge >= 0.3 is 0 Å². The van der Waals surface area contributed by atoms with Crippen molar-refractivity contribution in [3.05, 3.63) is 42.0 Å². The molecule has 0 radical (unpaired) electrons. The van der Waals surface area contributed by atoms with Gasteiger partial charge in [-0.15, -0.1) is 0 Å². The van der Waals surface area contributed by atoms with Gasteiger partial charge in [0.2, 0.25) is 19.5 Å². The Morgan fingerprint density at radius 3 is 2.33 bits per heavy atom. The molecule has 3 aliphatic heterocycles. The van der Waals surface area contributed by atoms with Crippen LogP contribution >= 0.6 is 0 Å². The maximum atomic E-state index is 12.8. The van der Waals surface area contributed by atoms with Crippen molar-refractivity contribution in [3.8, 4) is 23.0 Å². The van der Waals surface area contributed by atoms with Crippen LogP contribution in [0.25, 0.3) is 0 Å². The Morgan fingerprint density at radius 1 is 0.889 bits per heavy atom. The van der Waals surface area contributed by atoms with Gasteiger partial charge in [0.1, 0.15) is 6.54 Å². The molecule has 3 heterocycles. The molecular formula is C19H17N2O6+. The highest BCUT2D eigenvalue weighted by atomic mass is 16.7. The van der Waals surface area contributed by atoms with E-state index in [0.29, 0.717) is 29.5 Å². The van der Waals surface area contributed by atoms with Crippen LogP contribution in [0, 0.1) is 0 Å². The first-order valence-electron chi connectivity index (χ1n) is 8.67. The van der Waals surface area contributed by atoms with E-state index in [0.717, 1.165) is 11.3 Å². The predicted octanol–water partition coefficient (Wildman–Crippen LogP) is 0.540. The number of amides is 2. The van der Waals surface area contributed by atoms with E-state index in [2.05, 4.69) is 0 Å². The van der Waals surface area contributed by atoms with Crippen LogP contribution in [0.3, 0.4) is 0 Å². The van der Waals surface area contributed by atoms with Crippen molar-refractivity contribution in [1.82, 2.24) is 0 Å².